The van der Waals surface area contributed by atoms with Crippen molar-refractivity contribution in [2.45, 2.75) is 56.7 Å². The zero-order valence-corrected chi connectivity index (χ0v) is 10.1. The number of aliphatic hydroxyl groups excluding tert-OH is 1. The molecule has 2 aliphatic heterocycles. The molecule has 0 amide bonds. The zero-order chi connectivity index (χ0) is 11.0. The Bertz CT molecular complexity index is 240. The molecule has 1 aliphatic carbocycles. The second-order valence-electron chi connectivity index (χ2n) is 5.91. The van der Waals surface area contributed by atoms with E-state index in [1.54, 1.807) is 0 Å². The van der Waals surface area contributed by atoms with Crippen LogP contribution >= 0.6 is 0 Å². The molecule has 0 aromatic rings. The van der Waals surface area contributed by atoms with E-state index in [1.165, 1.54) is 38.6 Å². The van der Waals surface area contributed by atoms with Gasteiger partial charge in [-0.25, -0.2) is 0 Å². The molecule has 2 heterocycles. The third-order valence-corrected chi connectivity index (χ3v) is 4.77. The standard InChI is InChI=1S/C13H24N2O/c16-12-6-11-7-14-13(9-15(11)8-12)10-4-2-1-3-5-10/h10-14,16H,1-9H2. The van der Waals surface area contributed by atoms with Crippen LogP contribution in [0.1, 0.15) is 38.5 Å². The van der Waals surface area contributed by atoms with Crippen LogP contribution < -0.4 is 5.32 Å². The van der Waals surface area contributed by atoms with Crippen LogP contribution in [-0.2, 0) is 0 Å². The van der Waals surface area contributed by atoms with E-state index >= 15 is 0 Å². The van der Waals surface area contributed by atoms with Crippen molar-refractivity contribution in [2.75, 3.05) is 19.6 Å². The van der Waals surface area contributed by atoms with E-state index in [-0.39, 0.29) is 6.10 Å². The minimum Gasteiger partial charge on any atom is -0.392 e. The van der Waals surface area contributed by atoms with Crippen LogP contribution in [0, 0.1) is 5.92 Å². The molecular weight excluding hydrogens is 200 g/mol. The summed E-state index contributed by atoms with van der Waals surface area (Å²) in [6, 6.07) is 1.30. The second-order valence-corrected chi connectivity index (χ2v) is 5.91. The Balaban J connectivity index is 1.58. The van der Waals surface area contributed by atoms with E-state index in [9.17, 15) is 5.11 Å². The summed E-state index contributed by atoms with van der Waals surface area (Å²) in [5, 5.41) is 13.4. The van der Waals surface area contributed by atoms with E-state index in [1.807, 2.05) is 0 Å². The van der Waals surface area contributed by atoms with Crippen LogP contribution in [0.25, 0.3) is 0 Å². The summed E-state index contributed by atoms with van der Waals surface area (Å²) < 4.78 is 0. The lowest BCUT2D eigenvalue weighted by Gasteiger charge is -2.40. The lowest BCUT2D eigenvalue weighted by atomic mass is 9.83. The first-order valence-electron chi connectivity index (χ1n) is 6.98. The highest BCUT2D eigenvalue weighted by molar-refractivity contribution is 4.95. The van der Waals surface area contributed by atoms with Crippen LogP contribution in [-0.4, -0.2) is 47.8 Å². The molecule has 92 valence electrons. The summed E-state index contributed by atoms with van der Waals surface area (Å²) in [7, 11) is 0. The number of aliphatic hydroxyl groups is 1. The molecule has 3 fully saturated rings. The number of hydrogen-bond donors (Lipinski definition) is 2. The minimum atomic E-state index is -0.0723. The summed E-state index contributed by atoms with van der Waals surface area (Å²) in [4.78, 5) is 2.51. The molecule has 3 nitrogen and oxygen atoms in total. The maximum atomic E-state index is 9.69. The van der Waals surface area contributed by atoms with Gasteiger partial charge in [0.05, 0.1) is 6.10 Å². The fourth-order valence-electron chi connectivity index (χ4n) is 3.85. The maximum Gasteiger partial charge on any atom is 0.0682 e. The zero-order valence-electron chi connectivity index (χ0n) is 10.1. The molecule has 0 bridgehead atoms. The van der Waals surface area contributed by atoms with Gasteiger partial charge in [0.15, 0.2) is 0 Å². The largest absolute Gasteiger partial charge is 0.392 e. The highest BCUT2D eigenvalue weighted by Crippen LogP contribution is 2.30. The van der Waals surface area contributed by atoms with Gasteiger partial charge in [0, 0.05) is 31.7 Å². The van der Waals surface area contributed by atoms with Gasteiger partial charge in [-0.1, -0.05) is 19.3 Å². The van der Waals surface area contributed by atoms with Crippen molar-refractivity contribution in [3.63, 3.8) is 0 Å². The van der Waals surface area contributed by atoms with Gasteiger partial charge in [-0.05, 0) is 25.2 Å². The maximum absolute atomic E-state index is 9.69. The van der Waals surface area contributed by atoms with E-state index in [4.69, 9.17) is 0 Å². The van der Waals surface area contributed by atoms with Gasteiger partial charge in [-0.3, -0.25) is 4.90 Å². The van der Waals surface area contributed by atoms with Crippen molar-refractivity contribution in [3.05, 3.63) is 0 Å². The van der Waals surface area contributed by atoms with Crippen LogP contribution in [0.2, 0.25) is 0 Å². The molecule has 0 spiro atoms. The normalized spacial score (nSPS) is 42.2. The van der Waals surface area contributed by atoms with Crippen molar-refractivity contribution in [1.82, 2.24) is 10.2 Å². The Hall–Kier alpha value is -0.120. The number of nitrogens with one attached hydrogen (secondary N) is 1. The molecule has 2 saturated heterocycles. The average Bonchev–Trinajstić information content (AvgIpc) is 2.69. The van der Waals surface area contributed by atoms with Crippen molar-refractivity contribution in [3.8, 4) is 0 Å². The van der Waals surface area contributed by atoms with Gasteiger partial charge in [0.2, 0.25) is 0 Å². The van der Waals surface area contributed by atoms with Gasteiger partial charge in [-0.15, -0.1) is 0 Å². The van der Waals surface area contributed by atoms with Crippen LogP contribution in [0.15, 0.2) is 0 Å². The van der Waals surface area contributed by atoms with Crippen molar-refractivity contribution < 1.29 is 5.11 Å². The summed E-state index contributed by atoms with van der Waals surface area (Å²) in [6.07, 6.45) is 8.02. The SMILES string of the molecule is OC1CC2CNC(C3CCCCC3)CN2C1. The molecule has 0 radical (unpaired) electrons. The number of nitrogens with zero attached hydrogens (tertiary/aromatic N) is 1. The number of hydrogen-bond acceptors (Lipinski definition) is 3. The average molecular weight is 224 g/mol. The molecule has 3 atom stereocenters. The molecular formula is C13H24N2O. The predicted octanol–water partition coefficient (Wildman–Crippen LogP) is 0.974. The summed E-state index contributed by atoms with van der Waals surface area (Å²) in [6.45, 7) is 3.18. The van der Waals surface area contributed by atoms with Gasteiger partial charge in [0.1, 0.15) is 0 Å². The van der Waals surface area contributed by atoms with Crippen molar-refractivity contribution in [2.24, 2.45) is 5.92 Å². The Morgan fingerprint density at radius 3 is 2.69 bits per heavy atom. The van der Waals surface area contributed by atoms with Crippen molar-refractivity contribution in [1.29, 1.82) is 0 Å². The number of rotatable bonds is 1. The topological polar surface area (TPSA) is 35.5 Å². The first-order chi connectivity index (χ1) is 7.83. The first-order valence-corrected chi connectivity index (χ1v) is 6.98. The van der Waals surface area contributed by atoms with E-state index in [0.29, 0.717) is 12.1 Å². The first kappa shape index (κ1) is 11.0. The van der Waals surface area contributed by atoms with Gasteiger partial charge < -0.3 is 10.4 Å². The van der Waals surface area contributed by atoms with E-state index < -0.39 is 0 Å². The van der Waals surface area contributed by atoms with Crippen LogP contribution in [0.5, 0.6) is 0 Å². The Morgan fingerprint density at radius 2 is 1.88 bits per heavy atom. The predicted molar refractivity (Wildman–Crippen MR) is 64.4 cm³/mol. The summed E-state index contributed by atoms with van der Waals surface area (Å²) in [5.74, 6) is 0.896. The highest BCUT2D eigenvalue weighted by Gasteiger charge is 2.37. The third-order valence-electron chi connectivity index (χ3n) is 4.77. The molecule has 3 rings (SSSR count). The van der Waals surface area contributed by atoms with E-state index in [0.717, 1.165) is 25.4 Å². The molecule has 16 heavy (non-hydrogen) atoms. The second kappa shape index (κ2) is 4.63. The molecule has 0 aromatic heterocycles. The fraction of sp³-hybridized carbons (Fsp3) is 1.00. The summed E-state index contributed by atoms with van der Waals surface area (Å²) >= 11 is 0. The van der Waals surface area contributed by atoms with Gasteiger partial charge in [0.25, 0.3) is 0 Å². The molecule has 3 heteroatoms. The lowest BCUT2D eigenvalue weighted by Crippen LogP contribution is -2.56. The summed E-state index contributed by atoms with van der Waals surface area (Å²) in [5.41, 5.74) is 0. The molecule has 0 aromatic carbocycles. The minimum absolute atomic E-state index is 0.0723. The molecule has 3 aliphatic rings. The van der Waals surface area contributed by atoms with E-state index in [2.05, 4.69) is 10.2 Å². The molecule has 2 N–H and O–H groups in total. The quantitative estimate of drug-likeness (QED) is 0.697. The Labute approximate surface area is 98.2 Å². The third kappa shape index (κ3) is 2.13. The lowest BCUT2D eigenvalue weighted by molar-refractivity contribution is 0.120. The highest BCUT2D eigenvalue weighted by atomic mass is 16.3. The smallest absolute Gasteiger partial charge is 0.0682 e. The van der Waals surface area contributed by atoms with Gasteiger partial charge in [-0.2, -0.15) is 0 Å². The fourth-order valence-corrected chi connectivity index (χ4v) is 3.85. The molecule has 1 saturated carbocycles. The monoisotopic (exact) mass is 224 g/mol. The van der Waals surface area contributed by atoms with Gasteiger partial charge >= 0.3 is 0 Å². The van der Waals surface area contributed by atoms with Crippen molar-refractivity contribution >= 4 is 0 Å². The molecule has 3 unspecified atom stereocenters. The van der Waals surface area contributed by atoms with Crippen LogP contribution in [0.3, 0.4) is 0 Å². The number of piperazine rings is 1. The number of fused-ring (bicyclic) bond motifs is 1. The Morgan fingerprint density at radius 1 is 1.06 bits per heavy atom. The Kier molecular flexibility index (Phi) is 3.18. The van der Waals surface area contributed by atoms with Crippen LogP contribution in [0.4, 0.5) is 0 Å².